The van der Waals surface area contributed by atoms with Crippen LogP contribution in [0.15, 0.2) is 77.7 Å². The number of benzene rings is 3. The van der Waals surface area contributed by atoms with Crippen molar-refractivity contribution < 1.29 is 13.2 Å². The summed E-state index contributed by atoms with van der Waals surface area (Å²) < 4.78 is 22.9. The van der Waals surface area contributed by atoms with Crippen molar-refractivity contribution >= 4 is 32.5 Å². The average molecular weight is 432 g/mol. The molecule has 31 heavy (non-hydrogen) atoms. The number of hydrogen-bond donors (Lipinski definition) is 2. The van der Waals surface area contributed by atoms with Crippen molar-refractivity contribution in [1.82, 2.24) is 4.98 Å². The highest BCUT2D eigenvalue weighted by Gasteiger charge is 2.16. The molecule has 0 aliphatic rings. The van der Waals surface area contributed by atoms with Crippen molar-refractivity contribution in [3.8, 4) is 11.3 Å². The summed E-state index contributed by atoms with van der Waals surface area (Å²) >= 11 is 0. The second-order valence-electron chi connectivity index (χ2n) is 7.41. The maximum Gasteiger partial charge on any atom is 0.256 e. The lowest BCUT2D eigenvalue weighted by Crippen LogP contribution is -2.14. The number of carbonyl (C=O) groups is 1. The molecule has 0 fully saturated rings. The van der Waals surface area contributed by atoms with E-state index in [9.17, 15) is 13.2 Å². The number of carbonyl (C=O) groups excluding carboxylic acids is 1. The van der Waals surface area contributed by atoms with Crippen molar-refractivity contribution in [2.24, 2.45) is 5.14 Å². The molecule has 1 aromatic heterocycles. The lowest BCUT2D eigenvalue weighted by molar-refractivity contribution is 0.102. The fourth-order valence-corrected chi connectivity index (χ4v) is 4.04. The van der Waals surface area contributed by atoms with Gasteiger partial charge in [0, 0.05) is 16.6 Å². The summed E-state index contributed by atoms with van der Waals surface area (Å²) in [4.78, 5) is 17.9. The Balaban J connectivity index is 1.76. The number of hydrogen-bond acceptors (Lipinski definition) is 4. The Morgan fingerprint density at radius 2 is 1.65 bits per heavy atom. The Bertz CT molecular complexity index is 1410. The molecule has 0 unspecified atom stereocenters. The minimum Gasteiger partial charge on any atom is -0.322 e. The largest absolute Gasteiger partial charge is 0.322 e. The standard InChI is InChI=1S/C24H21N3O3S/c1-15-7-12-19(16(2)13-15)23-14-21(20-5-3-4-6-22(20)27-23)24(28)26-17-8-10-18(11-9-17)31(25,29)30/h3-14H,1-2H3,(H,26,28)(H2,25,29,30). The van der Waals surface area contributed by atoms with Crippen LogP contribution in [0.1, 0.15) is 21.5 Å². The fourth-order valence-electron chi connectivity index (χ4n) is 3.53. The summed E-state index contributed by atoms with van der Waals surface area (Å²) in [7, 11) is -3.79. The van der Waals surface area contributed by atoms with E-state index < -0.39 is 10.0 Å². The molecule has 0 aliphatic carbocycles. The number of aromatic nitrogens is 1. The van der Waals surface area contributed by atoms with E-state index in [1.54, 1.807) is 6.07 Å². The summed E-state index contributed by atoms with van der Waals surface area (Å²) in [5.74, 6) is -0.312. The molecular weight excluding hydrogens is 410 g/mol. The quantitative estimate of drug-likeness (QED) is 0.499. The molecule has 4 aromatic rings. The summed E-state index contributed by atoms with van der Waals surface area (Å²) in [5.41, 5.74) is 5.57. The number of nitrogens with two attached hydrogens (primary N) is 1. The van der Waals surface area contributed by atoms with Gasteiger partial charge in [0.15, 0.2) is 0 Å². The summed E-state index contributed by atoms with van der Waals surface area (Å²) in [6.45, 7) is 4.05. The van der Waals surface area contributed by atoms with Gasteiger partial charge in [-0.3, -0.25) is 4.79 Å². The van der Waals surface area contributed by atoms with E-state index in [-0.39, 0.29) is 10.8 Å². The topological polar surface area (TPSA) is 102 Å². The second kappa shape index (κ2) is 7.94. The molecule has 1 amide bonds. The predicted molar refractivity (Wildman–Crippen MR) is 122 cm³/mol. The van der Waals surface area contributed by atoms with E-state index in [4.69, 9.17) is 10.1 Å². The van der Waals surface area contributed by atoms with Crippen molar-refractivity contribution in [3.05, 3.63) is 89.5 Å². The number of nitrogens with zero attached hydrogens (tertiary/aromatic N) is 1. The molecule has 3 N–H and O–H groups in total. The number of aryl methyl sites for hydroxylation is 2. The number of primary sulfonamides is 1. The van der Waals surface area contributed by atoms with Crippen molar-refractivity contribution in [2.45, 2.75) is 18.7 Å². The van der Waals surface area contributed by atoms with E-state index >= 15 is 0 Å². The Labute approximate surface area is 180 Å². The molecule has 1 heterocycles. The molecule has 0 saturated heterocycles. The first-order valence-corrected chi connectivity index (χ1v) is 11.2. The Kier molecular flexibility index (Phi) is 5.31. The third kappa shape index (κ3) is 4.33. The number of anilines is 1. The van der Waals surface area contributed by atoms with Crippen LogP contribution in [-0.4, -0.2) is 19.3 Å². The third-order valence-electron chi connectivity index (χ3n) is 5.06. The van der Waals surface area contributed by atoms with E-state index in [0.29, 0.717) is 16.9 Å². The van der Waals surface area contributed by atoms with E-state index in [2.05, 4.69) is 11.4 Å². The fraction of sp³-hybridized carbons (Fsp3) is 0.0833. The van der Waals surface area contributed by atoms with Crippen LogP contribution in [0.5, 0.6) is 0 Å². The number of pyridine rings is 1. The average Bonchev–Trinajstić information content (AvgIpc) is 2.72. The van der Waals surface area contributed by atoms with Gasteiger partial charge in [0.25, 0.3) is 5.91 Å². The normalized spacial score (nSPS) is 11.5. The highest BCUT2D eigenvalue weighted by atomic mass is 32.2. The van der Waals surface area contributed by atoms with Crippen molar-refractivity contribution in [1.29, 1.82) is 0 Å². The lowest BCUT2D eigenvalue weighted by Gasteiger charge is -2.12. The smallest absolute Gasteiger partial charge is 0.256 e. The number of para-hydroxylation sites is 1. The van der Waals surface area contributed by atoms with Gasteiger partial charge in [0.2, 0.25) is 10.0 Å². The molecule has 6 nitrogen and oxygen atoms in total. The molecule has 3 aromatic carbocycles. The first kappa shape index (κ1) is 20.7. The van der Waals surface area contributed by atoms with Crippen molar-refractivity contribution in [2.75, 3.05) is 5.32 Å². The molecule has 0 radical (unpaired) electrons. The van der Waals surface area contributed by atoms with Crippen LogP contribution in [-0.2, 0) is 10.0 Å². The molecule has 156 valence electrons. The number of nitrogens with one attached hydrogen (secondary N) is 1. The van der Waals surface area contributed by atoms with Gasteiger partial charge in [-0.05, 0) is 55.8 Å². The molecule has 0 bridgehead atoms. The Morgan fingerprint density at radius 1 is 0.935 bits per heavy atom. The Hall–Kier alpha value is -3.55. The molecule has 0 spiro atoms. The van der Waals surface area contributed by atoms with Gasteiger partial charge >= 0.3 is 0 Å². The SMILES string of the molecule is Cc1ccc(-c2cc(C(=O)Nc3ccc(S(N)(=O)=O)cc3)c3ccccc3n2)c(C)c1. The van der Waals surface area contributed by atoms with Crippen LogP contribution in [0, 0.1) is 13.8 Å². The summed E-state index contributed by atoms with van der Waals surface area (Å²) in [5, 5.41) is 8.69. The van der Waals surface area contributed by atoms with Crippen molar-refractivity contribution in [3.63, 3.8) is 0 Å². The maximum absolute atomic E-state index is 13.2. The van der Waals surface area contributed by atoms with Crippen LogP contribution in [0.25, 0.3) is 22.2 Å². The van der Waals surface area contributed by atoms with Crippen LogP contribution < -0.4 is 10.5 Å². The van der Waals surface area contributed by atoms with Crippen LogP contribution in [0.3, 0.4) is 0 Å². The van der Waals surface area contributed by atoms with Gasteiger partial charge in [0.05, 0.1) is 21.7 Å². The third-order valence-corrected chi connectivity index (χ3v) is 5.99. The molecular formula is C24H21N3O3S. The second-order valence-corrected chi connectivity index (χ2v) is 8.98. The molecule has 0 atom stereocenters. The van der Waals surface area contributed by atoms with Crippen LogP contribution >= 0.6 is 0 Å². The zero-order chi connectivity index (χ0) is 22.2. The van der Waals surface area contributed by atoms with Crippen LogP contribution in [0.4, 0.5) is 5.69 Å². The highest BCUT2D eigenvalue weighted by Crippen LogP contribution is 2.28. The van der Waals surface area contributed by atoms with E-state index in [1.807, 2.05) is 50.2 Å². The summed E-state index contributed by atoms with van der Waals surface area (Å²) in [6, 6.07) is 21.1. The van der Waals surface area contributed by atoms with E-state index in [0.717, 1.165) is 27.6 Å². The maximum atomic E-state index is 13.2. The highest BCUT2D eigenvalue weighted by molar-refractivity contribution is 7.89. The van der Waals surface area contributed by atoms with Gasteiger partial charge in [-0.1, -0.05) is 42.0 Å². The molecule has 0 aliphatic heterocycles. The van der Waals surface area contributed by atoms with Crippen LogP contribution in [0.2, 0.25) is 0 Å². The number of rotatable bonds is 4. The van der Waals surface area contributed by atoms with Gasteiger partial charge in [-0.2, -0.15) is 0 Å². The molecule has 0 saturated carbocycles. The zero-order valence-electron chi connectivity index (χ0n) is 17.1. The monoisotopic (exact) mass is 431 g/mol. The molecule has 4 rings (SSSR count). The minimum atomic E-state index is -3.79. The van der Waals surface area contributed by atoms with Gasteiger partial charge < -0.3 is 5.32 Å². The first-order valence-electron chi connectivity index (χ1n) is 9.64. The Morgan fingerprint density at radius 3 is 2.32 bits per heavy atom. The number of fused-ring (bicyclic) bond motifs is 1. The van der Waals surface area contributed by atoms with Gasteiger partial charge in [-0.15, -0.1) is 0 Å². The number of amides is 1. The van der Waals surface area contributed by atoms with E-state index in [1.165, 1.54) is 24.3 Å². The molecule has 7 heteroatoms. The number of sulfonamides is 1. The minimum absolute atomic E-state index is 0.0167. The predicted octanol–water partition coefficient (Wildman–Crippen LogP) is 4.42. The lowest BCUT2D eigenvalue weighted by atomic mass is 9.99. The van der Waals surface area contributed by atoms with Gasteiger partial charge in [0.1, 0.15) is 0 Å². The summed E-state index contributed by atoms with van der Waals surface area (Å²) in [6.07, 6.45) is 0. The zero-order valence-corrected chi connectivity index (χ0v) is 17.9. The first-order chi connectivity index (χ1) is 14.7. The van der Waals surface area contributed by atoms with Gasteiger partial charge in [-0.25, -0.2) is 18.5 Å².